The minimum absolute atomic E-state index is 0.0171. The van der Waals surface area contributed by atoms with E-state index < -0.39 is 11.2 Å². The molecule has 0 saturated carbocycles. The lowest BCUT2D eigenvalue weighted by atomic mass is 10.1. The van der Waals surface area contributed by atoms with E-state index in [0.717, 1.165) is 36.7 Å². The molecular formula is C29H36N4O6. The monoisotopic (exact) mass is 536 g/mol. The number of methoxy groups -OCH3 is 2. The number of likely N-dealkylation sites (tertiary alicyclic amines) is 1. The van der Waals surface area contributed by atoms with Gasteiger partial charge in [0.05, 0.1) is 31.7 Å². The third kappa shape index (κ3) is 6.16. The van der Waals surface area contributed by atoms with Gasteiger partial charge in [-0.1, -0.05) is 31.9 Å². The maximum Gasteiger partial charge on any atom is 0.332 e. The smallest absolute Gasteiger partial charge is 0.332 e. The normalized spacial score (nSPS) is 13.7. The Morgan fingerprint density at radius 2 is 1.54 bits per heavy atom. The number of carbonyl (C=O) groups excluding carboxylic acids is 2. The molecule has 0 bridgehead atoms. The third-order valence-corrected chi connectivity index (χ3v) is 7.07. The standard InChI is InChI=1S/C29H36N4O6/c1-4-13-30-27(35)21-11-9-20(10-12-21)18-33-28(36)22-16-24(38-2)25(39-3)17-23(22)32(29(33)37)19-26(34)31-14-7-5-6-8-15-31/h9-12,16-17H,4-8,13-15,18-19H2,1-3H3,(H,30,35). The van der Waals surface area contributed by atoms with Crippen LogP contribution in [0.15, 0.2) is 46.0 Å². The minimum atomic E-state index is -0.590. The molecule has 1 aromatic heterocycles. The number of rotatable bonds is 9. The molecule has 1 fully saturated rings. The number of hydrogen-bond donors (Lipinski definition) is 1. The van der Waals surface area contributed by atoms with E-state index in [4.69, 9.17) is 9.47 Å². The minimum Gasteiger partial charge on any atom is -0.493 e. The summed E-state index contributed by atoms with van der Waals surface area (Å²) in [6.07, 6.45) is 4.84. The van der Waals surface area contributed by atoms with Gasteiger partial charge < -0.3 is 19.7 Å². The molecule has 0 atom stereocenters. The van der Waals surface area contributed by atoms with Crippen LogP contribution in [-0.2, 0) is 17.9 Å². The van der Waals surface area contributed by atoms with Crippen molar-refractivity contribution in [2.75, 3.05) is 33.9 Å². The van der Waals surface area contributed by atoms with Gasteiger partial charge in [-0.3, -0.25) is 23.5 Å². The summed E-state index contributed by atoms with van der Waals surface area (Å²) in [5.41, 5.74) is 0.388. The van der Waals surface area contributed by atoms with Gasteiger partial charge >= 0.3 is 5.69 Å². The highest BCUT2D eigenvalue weighted by Crippen LogP contribution is 2.30. The summed E-state index contributed by atoms with van der Waals surface area (Å²) in [6, 6.07) is 9.89. The predicted molar refractivity (Wildman–Crippen MR) is 149 cm³/mol. The first-order valence-corrected chi connectivity index (χ1v) is 13.4. The van der Waals surface area contributed by atoms with E-state index in [0.29, 0.717) is 47.8 Å². The average molecular weight is 537 g/mol. The van der Waals surface area contributed by atoms with Gasteiger partial charge in [-0.2, -0.15) is 0 Å². The number of aromatic nitrogens is 2. The molecular weight excluding hydrogens is 500 g/mol. The Kier molecular flexibility index (Phi) is 9.06. The molecule has 1 N–H and O–H groups in total. The number of fused-ring (bicyclic) bond motifs is 1. The second kappa shape index (κ2) is 12.6. The van der Waals surface area contributed by atoms with Crippen LogP contribution >= 0.6 is 0 Å². The summed E-state index contributed by atoms with van der Waals surface area (Å²) in [6.45, 7) is 3.65. The molecule has 1 aliphatic heterocycles. The van der Waals surface area contributed by atoms with Gasteiger partial charge in [-0.15, -0.1) is 0 Å². The van der Waals surface area contributed by atoms with Crippen LogP contribution in [0, 0.1) is 0 Å². The zero-order valence-corrected chi connectivity index (χ0v) is 22.8. The number of carbonyl (C=O) groups is 2. The molecule has 1 saturated heterocycles. The summed E-state index contributed by atoms with van der Waals surface area (Å²) >= 11 is 0. The molecule has 3 aromatic rings. The van der Waals surface area contributed by atoms with Crippen LogP contribution in [0.2, 0.25) is 0 Å². The lowest BCUT2D eigenvalue weighted by molar-refractivity contribution is -0.131. The quantitative estimate of drug-likeness (QED) is 0.450. The fraction of sp³-hybridized carbons (Fsp3) is 0.448. The van der Waals surface area contributed by atoms with E-state index in [1.165, 1.54) is 18.8 Å². The fourth-order valence-electron chi connectivity index (χ4n) is 4.88. The fourth-order valence-corrected chi connectivity index (χ4v) is 4.88. The van der Waals surface area contributed by atoms with E-state index in [2.05, 4.69) is 5.32 Å². The van der Waals surface area contributed by atoms with Gasteiger partial charge in [0, 0.05) is 31.3 Å². The van der Waals surface area contributed by atoms with Gasteiger partial charge in [0.15, 0.2) is 11.5 Å². The van der Waals surface area contributed by atoms with Crippen molar-refractivity contribution in [3.05, 3.63) is 68.4 Å². The van der Waals surface area contributed by atoms with Crippen molar-refractivity contribution in [2.45, 2.75) is 52.1 Å². The number of nitrogens with zero attached hydrogens (tertiary/aromatic N) is 3. The molecule has 1 aliphatic rings. The Balaban J connectivity index is 1.77. The Morgan fingerprint density at radius 1 is 0.897 bits per heavy atom. The highest BCUT2D eigenvalue weighted by atomic mass is 16.5. The first kappa shape index (κ1) is 27.9. The summed E-state index contributed by atoms with van der Waals surface area (Å²) in [4.78, 5) is 54.7. The number of hydrogen-bond acceptors (Lipinski definition) is 6. The van der Waals surface area contributed by atoms with Gasteiger partial charge in [-0.05, 0) is 43.0 Å². The first-order valence-electron chi connectivity index (χ1n) is 13.4. The second-order valence-electron chi connectivity index (χ2n) is 9.73. The maximum absolute atomic E-state index is 13.8. The zero-order valence-electron chi connectivity index (χ0n) is 22.8. The van der Waals surface area contributed by atoms with Crippen molar-refractivity contribution in [1.82, 2.24) is 19.4 Å². The summed E-state index contributed by atoms with van der Waals surface area (Å²) in [5, 5.41) is 3.07. The van der Waals surface area contributed by atoms with Crippen LogP contribution < -0.4 is 26.0 Å². The molecule has 2 amide bonds. The molecule has 0 aliphatic carbocycles. The van der Waals surface area contributed by atoms with Crippen LogP contribution in [0.4, 0.5) is 0 Å². The Morgan fingerprint density at radius 3 is 2.15 bits per heavy atom. The Bertz CT molecular complexity index is 1450. The molecule has 0 radical (unpaired) electrons. The highest BCUT2D eigenvalue weighted by Gasteiger charge is 2.22. The van der Waals surface area contributed by atoms with E-state index in [9.17, 15) is 19.2 Å². The predicted octanol–water partition coefficient (Wildman–Crippen LogP) is 2.77. The van der Waals surface area contributed by atoms with Crippen LogP contribution in [-0.4, -0.2) is 59.7 Å². The van der Waals surface area contributed by atoms with Crippen molar-refractivity contribution in [1.29, 1.82) is 0 Å². The molecule has 2 heterocycles. The topological polar surface area (TPSA) is 112 Å². The second-order valence-corrected chi connectivity index (χ2v) is 9.73. The lowest BCUT2D eigenvalue weighted by Gasteiger charge is -2.22. The van der Waals surface area contributed by atoms with E-state index >= 15 is 0 Å². The molecule has 39 heavy (non-hydrogen) atoms. The van der Waals surface area contributed by atoms with Crippen molar-refractivity contribution < 1.29 is 19.1 Å². The number of amides is 2. The SMILES string of the molecule is CCCNC(=O)c1ccc(Cn2c(=O)c3cc(OC)c(OC)cc3n(CC(=O)N3CCCCCC3)c2=O)cc1. The molecule has 10 nitrogen and oxygen atoms in total. The summed E-state index contributed by atoms with van der Waals surface area (Å²) in [7, 11) is 2.95. The van der Waals surface area contributed by atoms with Gasteiger partial charge in [0.1, 0.15) is 6.54 Å². The maximum atomic E-state index is 13.8. The molecule has 0 unspecified atom stereocenters. The van der Waals surface area contributed by atoms with Crippen molar-refractivity contribution >= 4 is 22.7 Å². The number of benzene rings is 2. The van der Waals surface area contributed by atoms with Crippen LogP contribution in [0.5, 0.6) is 11.5 Å². The number of ether oxygens (including phenoxy) is 2. The molecule has 0 spiro atoms. The molecule has 10 heteroatoms. The van der Waals surface area contributed by atoms with E-state index in [-0.39, 0.29) is 30.3 Å². The highest BCUT2D eigenvalue weighted by molar-refractivity contribution is 5.94. The average Bonchev–Trinajstić information content (AvgIpc) is 3.25. The van der Waals surface area contributed by atoms with Crippen LogP contribution in [0.1, 0.15) is 54.9 Å². The van der Waals surface area contributed by atoms with Crippen LogP contribution in [0.3, 0.4) is 0 Å². The van der Waals surface area contributed by atoms with Crippen molar-refractivity contribution in [3.63, 3.8) is 0 Å². The molecule has 208 valence electrons. The molecule has 4 rings (SSSR count). The summed E-state index contributed by atoms with van der Waals surface area (Å²) < 4.78 is 13.3. The first-order chi connectivity index (χ1) is 18.9. The van der Waals surface area contributed by atoms with Gasteiger partial charge in [-0.25, -0.2) is 4.79 Å². The summed E-state index contributed by atoms with van der Waals surface area (Å²) in [5.74, 6) is 0.360. The van der Waals surface area contributed by atoms with Crippen molar-refractivity contribution in [3.8, 4) is 11.5 Å². The van der Waals surface area contributed by atoms with E-state index in [1.807, 2.05) is 6.92 Å². The number of nitrogens with one attached hydrogen (secondary N) is 1. The Labute approximate surface area is 227 Å². The largest absolute Gasteiger partial charge is 0.493 e. The van der Waals surface area contributed by atoms with Gasteiger partial charge in [0.2, 0.25) is 5.91 Å². The van der Waals surface area contributed by atoms with Crippen molar-refractivity contribution in [2.24, 2.45) is 0 Å². The van der Waals surface area contributed by atoms with Crippen LogP contribution in [0.25, 0.3) is 10.9 Å². The van der Waals surface area contributed by atoms with Gasteiger partial charge in [0.25, 0.3) is 11.5 Å². The molecule has 2 aromatic carbocycles. The Hall–Kier alpha value is -4.08. The lowest BCUT2D eigenvalue weighted by Crippen LogP contribution is -2.44. The van der Waals surface area contributed by atoms with E-state index in [1.54, 1.807) is 41.3 Å². The third-order valence-electron chi connectivity index (χ3n) is 7.07. The zero-order chi connectivity index (χ0) is 27.9.